The minimum absolute atomic E-state index is 0.0166. The minimum Gasteiger partial charge on any atom is -0.263 e. The van der Waals surface area contributed by atoms with E-state index in [2.05, 4.69) is 15.5 Å². The third-order valence-corrected chi connectivity index (χ3v) is 7.00. The van der Waals surface area contributed by atoms with Gasteiger partial charge in [0.05, 0.1) is 21.8 Å². The van der Waals surface area contributed by atoms with Gasteiger partial charge in [-0.2, -0.15) is 13.2 Å². The van der Waals surface area contributed by atoms with E-state index in [-0.39, 0.29) is 16.5 Å². The average Bonchev–Trinajstić information content (AvgIpc) is 3.42. The number of hydrogen-bond donors (Lipinski definition) is 0. The molecule has 4 rings (SSSR count). The molecule has 30 heavy (non-hydrogen) atoms. The number of tetrazole rings is 1. The fourth-order valence-corrected chi connectivity index (χ4v) is 5.11. The van der Waals surface area contributed by atoms with E-state index in [1.165, 1.54) is 41.3 Å². The van der Waals surface area contributed by atoms with Crippen molar-refractivity contribution in [1.29, 1.82) is 0 Å². The second-order valence-electron chi connectivity index (χ2n) is 7.18. The van der Waals surface area contributed by atoms with Gasteiger partial charge in [0.25, 0.3) is 10.0 Å². The summed E-state index contributed by atoms with van der Waals surface area (Å²) in [5.41, 5.74) is -0.494. The topological polar surface area (TPSA) is 81.0 Å². The number of hydrogen-bond acceptors (Lipinski definition) is 5. The molecule has 158 valence electrons. The van der Waals surface area contributed by atoms with Gasteiger partial charge in [-0.05, 0) is 72.5 Å². The van der Waals surface area contributed by atoms with E-state index in [9.17, 15) is 21.6 Å². The lowest BCUT2D eigenvalue weighted by Gasteiger charge is -2.31. The molecule has 1 heterocycles. The van der Waals surface area contributed by atoms with Crippen LogP contribution in [0.5, 0.6) is 0 Å². The highest BCUT2D eigenvalue weighted by Crippen LogP contribution is 2.41. The number of rotatable bonds is 6. The summed E-state index contributed by atoms with van der Waals surface area (Å²) in [7, 11) is -4.15. The van der Waals surface area contributed by atoms with Crippen molar-refractivity contribution in [2.75, 3.05) is 4.31 Å². The maximum absolute atomic E-state index is 13.6. The molecule has 1 saturated carbocycles. The van der Waals surface area contributed by atoms with Crippen LogP contribution in [-0.2, 0) is 16.2 Å². The molecule has 7 nitrogen and oxygen atoms in total. The van der Waals surface area contributed by atoms with Crippen LogP contribution in [0.4, 0.5) is 18.9 Å². The minimum atomic E-state index is -4.58. The van der Waals surface area contributed by atoms with Gasteiger partial charge < -0.3 is 0 Å². The first-order valence-electron chi connectivity index (χ1n) is 9.23. The summed E-state index contributed by atoms with van der Waals surface area (Å²) in [6, 6.07) is 9.89. The molecule has 1 atom stereocenters. The lowest BCUT2D eigenvalue weighted by atomic mass is 10.1. The lowest BCUT2D eigenvalue weighted by molar-refractivity contribution is -0.137. The molecule has 1 aromatic heterocycles. The quantitative estimate of drug-likeness (QED) is 0.588. The number of benzene rings is 2. The molecule has 1 aliphatic rings. The molecule has 0 amide bonds. The van der Waals surface area contributed by atoms with Crippen molar-refractivity contribution in [2.24, 2.45) is 5.92 Å². The zero-order chi connectivity index (χ0) is 21.5. The molecule has 0 N–H and O–H groups in total. The van der Waals surface area contributed by atoms with Crippen LogP contribution >= 0.6 is 0 Å². The van der Waals surface area contributed by atoms with Crippen LogP contribution in [-0.4, -0.2) is 34.7 Å². The third-order valence-electron chi connectivity index (χ3n) is 5.09. The van der Waals surface area contributed by atoms with E-state index < -0.39 is 27.8 Å². The van der Waals surface area contributed by atoms with E-state index in [0.717, 1.165) is 29.3 Å². The summed E-state index contributed by atoms with van der Waals surface area (Å²) in [5.74, 6) is 0.0945. The van der Waals surface area contributed by atoms with Crippen molar-refractivity contribution in [2.45, 2.75) is 36.9 Å². The van der Waals surface area contributed by atoms with Crippen molar-refractivity contribution >= 4 is 15.7 Å². The van der Waals surface area contributed by atoms with Crippen LogP contribution in [0.1, 0.15) is 25.3 Å². The Bertz CT molecular complexity index is 1140. The van der Waals surface area contributed by atoms with Crippen LogP contribution < -0.4 is 4.31 Å². The maximum Gasteiger partial charge on any atom is 0.416 e. The fraction of sp³-hybridized carbons (Fsp3) is 0.316. The molecular formula is C19H18F3N5O2S. The van der Waals surface area contributed by atoms with Crippen LogP contribution in [0.2, 0.25) is 0 Å². The predicted molar refractivity (Wildman–Crippen MR) is 102 cm³/mol. The number of aromatic nitrogens is 4. The molecule has 2 aromatic carbocycles. The number of sulfonamides is 1. The van der Waals surface area contributed by atoms with Gasteiger partial charge in [0.2, 0.25) is 0 Å². The molecule has 0 radical (unpaired) electrons. The van der Waals surface area contributed by atoms with E-state index >= 15 is 0 Å². The normalized spacial score (nSPS) is 15.7. The molecule has 1 fully saturated rings. The summed E-state index contributed by atoms with van der Waals surface area (Å²) in [4.78, 5) is -0.0552. The second-order valence-corrected chi connectivity index (χ2v) is 8.99. The van der Waals surface area contributed by atoms with E-state index in [1.54, 1.807) is 13.0 Å². The Labute approximate surface area is 171 Å². The molecular weight excluding hydrogens is 419 g/mol. The maximum atomic E-state index is 13.6. The van der Waals surface area contributed by atoms with Gasteiger partial charge in [-0.1, -0.05) is 12.1 Å². The van der Waals surface area contributed by atoms with Gasteiger partial charge in [-0.15, -0.1) is 5.10 Å². The summed E-state index contributed by atoms with van der Waals surface area (Å²) in [5, 5.41) is 10.8. The Kier molecular flexibility index (Phi) is 5.00. The van der Waals surface area contributed by atoms with Crippen molar-refractivity contribution < 1.29 is 21.6 Å². The number of alkyl halides is 3. The van der Waals surface area contributed by atoms with Crippen molar-refractivity contribution in [1.82, 2.24) is 20.2 Å². The molecule has 3 aromatic rings. The first-order chi connectivity index (χ1) is 14.2. The predicted octanol–water partition coefficient (Wildman–Crippen LogP) is 3.67. The number of halogens is 3. The van der Waals surface area contributed by atoms with Crippen molar-refractivity contribution in [3.05, 3.63) is 60.4 Å². The number of nitrogens with zero attached hydrogens (tertiary/aromatic N) is 5. The average molecular weight is 437 g/mol. The molecule has 0 bridgehead atoms. The highest BCUT2D eigenvalue weighted by Gasteiger charge is 2.40. The van der Waals surface area contributed by atoms with Crippen LogP contribution in [0.15, 0.2) is 59.8 Å². The fourth-order valence-electron chi connectivity index (χ4n) is 3.36. The molecule has 0 spiro atoms. The summed E-state index contributed by atoms with van der Waals surface area (Å²) >= 11 is 0. The zero-order valence-corrected chi connectivity index (χ0v) is 16.7. The van der Waals surface area contributed by atoms with Gasteiger partial charge in [0.15, 0.2) is 0 Å². The third kappa shape index (κ3) is 3.89. The Morgan fingerprint density at radius 2 is 1.87 bits per heavy atom. The molecule has 1 unspecified atom stereocenters. The summed E-state index contributed by atoms with van der Waals surface area (Å²) < 4.78 is 69.3. The molecule has 0 saturated heterocycles. The summed E-state index contributed by atoms with van der Waals surface area (Å²) in [6.07, 6.45) is -1.59. The SMILES string of the molecule is CC(C1CC1)N(c1cccc(C(F)(F)F)c1)S(=O)(=O)c1cccc(-n2cnnn2)c1. The highest BCUT2D eigenvalue weighted by molar-refractivity contribution is 7.92. The first kappa shape index (κ1) is 20.3. The van der Waals surface area contributed by atoms with Crippen molar-refractivity contribution in [3.63, 3.8) is 0 Å². The second kappa shape index (κ2) is 7.38. The van der Waals surface area contributed by atoms with E-state index in [4.69, 9.17) is 0 Å². The Hall–Kier alpha value is -2.95. The van der Waals surface area contributed by atoms with Gasteiger partial charge in [0, 0.05) is 6.04 Å². The smallest absolute Gasteiger partial charge is 0.263 e. The van der Waals surface area contributed by atoms with E-state index in [1.807, 2.05) is 0 Å². The largest absolute Gasteiger partial charge is 0.416 e. The molecule has 1 aliphatic carbocycles. The monoisotopic (exact) mass is 437 g/mol. The summed E-state index contributed by atoms with van der Waals surface area (Å²) in [6.45, 7) is 1.72. The van der Waals surface area contributed by atoms with Crippen LogP contribution in [0.3, 0.4) is 0 Å². The van der Waals surface area contributed by atoms with Crippen molar-refractivity contribution in [3.8, 4) is 5.69 Å². The molecule has 11 heteroatoms. The molecule has 0 aliphatic heterocycles. The van der Waals surface area contributed by atoms with Gasteiger partial charge in [0.1, 0.15) is 6.33 Å². The van der Waals surface area contributed by atoms with E-state index in [0.29, 0.717) is 5.69 Å². The van der Waals surface area contributed by atoms with Gasteiger partial charge in [-0.25, -0.2) is 13.1 Å². The Morgan fingerprint density at radius 3 is 2.50 bits per heavy atom. The van der Waals surface area contributed by atoms with Gasteiger partial charge in [-0.3, -0.25) is 4.31 Å². The Balaban J connectivity index is 1.81. The first-order valence-corrected chi connectivity index (χ1v) is 10.7. The lowest BCUT2D eigenvalue weighted by Crippen LogP contribution is -2.40. The highest BCUT2D eigenvalue weighted by atomic mass is 32.2. The number of anilines is 1. The van der Waals surface area contributed by atoms with Crippen LogP contribution in [0, 0.1) is 5.92 Å². The Morgan fingerprint density at radius 1 is 1.13 bits per heavy atom. The zero-order valence-electron chi connectivity index (χ0n) is 15.9. The standard InChI is InChI=1S/C19H18F3N5O2S/c1-13(14-8-9-14)27(17-6-2-4-15(10-17)19(20,21)22)30(28,29)18-7-3-5-16(11-18)26-12-23-24-25-26/h2-7,10-14H,8-9H2,1H3. The van der Waals surface area contributed by atoms with Gasteiger partial charge >= 0.3 is 6.18 Å². The van der Waals surface area contributed by atoms with Crippen LogP contribution in [0.25, 0.3) is 5.69 Å².